The van der Waals surface area contributed by atoms with Crippen molar-refractivity contribution in [2.75, 3.05) is 4.90 Å². The van der Waals surface area contributed by atoms with E-state index in [4.69, 9.17) is 0 Å². The lowest BCUT2D eigenvalue weighted by Crippen LogP contribution is -2.10. The minimum absolute atomic E-state index is 1.08. The van der Waals surface area contributed by atoms with Gasteiger partial charge in [0.1, 0.15) is 0 Å². The predicted octanol–water partition coefficient (Wildman–Crippen LogP) is 17.2. The van der Waals surface area contributed by atoms with Gasteiger partial charge in [-0.25, -0.2) is 0 Å². The maximum Gasteiger partial charge on any atom is 0.0547 e. The van der Waals surface area contributed by atoms with Gasteiger partial charge in [-0.15, -0.1) is 0 Å². The van der Waals surface area contributed by atoms with Crippen molar-refractivity contribution in [3.05, 3.63) is 255 Å². The van der Waals surface area contributed by atoms with Gasteiger partial charge in [0.25, 0.3) is 0 Å². The van der Waals surface area contributed by atoms with Crippen molar-refractivity contribution in [2.24, 2.45) is 0 Å². The molecule has 0 fully saturated rings. The summed E-state index contributed by atoms with van der Waals surface area (Å²) in [5.41, 5.74) is 16.4. The molecule has 0 atom stereocenters. The fourth-order valence-electron chi connectivity index (χ4n) is 9.93. The molecule has 0 aliphatic carbocycles. The summed E-state index contributed by atoms with van der Waals surface area (Å²) < 4.78 is 2.39. The molecule has 0 amide bonds. The van der Waals surface area contributed by atoms with E-state index in [1.54, 1.807) is 0 Å². The maximum absolute atomic E-state index is 2.39. The van der Waals surface area contributed by atoms with Gasteiger partial charge in [-0.05, 0) is 127 Å². The van der Waals surface area contributed by atoms with Crippen molar-refractivity contribution in [1.82, 2.24) is 4.57 Å². The van der Waals surface area contributed by atoms with Gasteiger partial charge >= 0.3 is 0 Å². The van der Waals surface area contributed by atoms with E-state index in [9.17, 15) is 0 Å². The first kappa shape index (κ1) is 37.3. The summed E-state index contributed by atoms with van der Waals surface area (Å²) in [6.07, 6.45) is 0. The summed E-state index contributed by atoms with van der Waals surface area (Å²) in [6, 6.07) is 92.6. The zero-order valence-corrected chi connectivity index (χ0v) is 35.1. The largest absolute Gasteiger partial charge is 0.310 e. The average Bonchev–Trinajstić information content (AvgIpc) is 3.72. The minimum atomic E-state index is 1.08. The first-order valence-electron chi connectivity index (χ1n) is 22.0. The molecule has 0 saturated heterocycles. The van der Waals surface area contributed by atoms with Crippen LogP contribution in [0.1, 0.15) is 0 Å². The van der Waals surface area contributed by atoms with Crippen LogP contribution < -0.4 is 4.90 Å². The molecule has 0 aliphatic rings. The quantitative estimate of drug-likeness (QED) is 0.139. The second-order valence-electron chi connectivity index (χ2n) is 16.4. The van der Waals surface area contributed by atoms with Crippen molar-refractivity contribution in [1.29, 1.82) is 0 Å². The van der Waals surface area contributed by atoms with Gasteiger partial charge in [0.05, 0.1) is 11.0 Å². The Bertz CT molecular complexity index is 3630. The Morgan fingerprint density at radius 2 is 0.703 bits per heavy atom. The normalized spacial score (nSPS) is 11.4. The van der Waals surface area contributed by atoms with Crippen LogP contribution in [-0.4, -0.2) is 4.57 Å². The molecule has 0 aliphatic heterocycles. The molecule has 64 heavy (non-hydrogen) atoms. The Balaban J connectivity index is 1.03. The third-order valence-corrected chi connectivity index (χ3v) is 12.8. The SMILES string of the molecule is c1ccc(-c2ccc(N(c3ccc(-c4c(-c5ccccc5)c5ccccc5c5ccccc45)cc3)c3cccc(-c4cccc5c4c4ccccc4n5-c4ccccc4)c3)cc2)cc1. The fourth-order valence-corrected chi connectivity index (χ4v) is 9.93. The van der Waals surface area contributed by atoms with Crippen molar-refractivity contribution < 1.29 is 0 Å². The molecule has 2 heteroatoms. The van der Waals surface area contributed by atoms with Crippen LogP contribution in [0.3, 0.4) is 0 Å². The van der Waals surface area contributed by atoms with E-state index >= 15 is 0 Å². The standard InChI is InChI=1S/C62H42N2/c1-4-18-43(19-5-1)44-34-38-49(39-35-44)63(51-25-16-22-47(42-51)52-31-17-33-59-62(52)57-30-14-15-32-58(57)64(59)48-23-8-3-9-24-48)50-40-36-46(37-41-50)61-56-29-13-11-27-54(56)53-26-10-12-28-55(53)60(61)45-20-6-2-7-21-45/h1-42H. The summed E-state index contributed by atoms with van der Waals surface area (Å²) in [5.74, 6) is 0. The number of rotatable bonds is 8. The van der Waals surface area contributed by atoms with Crippen LogP contribution in [0.25, 0.3) is 93.5 Å². The lowest BCUT2D eigenvalue weighted by Gasteiger charge is -2.27. The Morgan fingerprint density at radius 3 is 1.33 bits per heavy atom. The Hall–Kier alpha value is -8.46. The number of aromatic nitrogens is 1. The lowest BCUT2D eigenvalue weighted by molar-refractivity contribution is 1.18. The zero-order chi connectivity index (χ0) is 42.4. The van der Waals surface area contributed by atoms with Crippen molar-refractivity contribution in [3.63, 3.8) is 0 Å². The minimum Gasteiger partial charge on any atom is -0.310 e. The number of hydrogen-bond donors (Lipinski definition) is 0. The highest BCUT2D eigenvalue weighted by Crippen LogP contribution is 2.46. The molecule has 0 unspecified atom stereocenters. The van der Waals surface area contributed by atoms with E-state index in [0.717, 1.165) is 28.3 Å². The Morgan fingerprint density at radius 1 is 0.266 bits per heavy atom. The van der Waals surface area contributed by atoms with E-state index in [1.165, 1.54) is 82.3 Å². The van der Waals surface area contributed by atoms with Gasteiger partial charge in [-0.2, -0.15) is 0 Å². The smallest absolute Gasteiger partial charge is 0.0547 e. The number of nitrogens with zero attached hydrogens (tertiary/aromatic N) is 2. The summed E-state index contributed by atoms with van der Waals surface area (Å²) in [5, 5.41) is 7.52. The van der Waals surface area contributed by atoms with E-state index in [-0.39, 0.29) is 0 Å². The predicted molar refractivity (Wildman–Crippen MR) is 272 cm³/mol. The van der Waals surface area contributed by atoms with Crippen LogP contribution in [0.5, 0.6) is 0 Å². The molecule has 1 aromatic heterocycles. The molecule has 1 heterocycles. The summed E-state index contributed by atoms with van der Waals surface area (Å²) in [7, 11) is 0. The number of anilines is 3. The molecule has 2 nitrogen and oxygen atoms in total. The molecular formula is C62H42N2. The van der Waals surface area contributed by atoms with Crippen LogP contribution in [0.2, 0.25) is 0 Å². The van der Waals surface area contributed by atoms with E-state index < -0.39 is 0 Å². The van der Waals surface area contributed by atoms with Gasteiger partial charge in [0.2, 0.25) is 0 Å². The lowest BCUT2D eigenvalue weighted by atomic mass is 9.85. The Labute approximate surface area is 373 Å². The first-order chi connectivity index (χ1) is 31.8. The van der Waals surface area contributed by atoms with Gasteiger partial charge in [-0.1, -0.05) is 194 Å². The summed E-state index contributed by atoms with van der Waals surface area (Å²) in [4.78, 5) is 2.39. The molecule has 0 radical (unpaired) electrons. The van der Waals surface area contributed by atoms with E-state index in [0.29, 0.717) is 0 Å². The summed E-state index contributed by atoms with van der Waals surface area (Å²) in [6.45, 7) is 0. The number of benzene rings is 11. The van der Waals surface area contributed by atoms with Crippen LogP contribution in [0, 0.1) is 0 Å². The molecule has 11 aromatic carbocycles. The van der Waals surface area contributed by atoms with Crippen LogP contribution >= 0.6 is 0 Å². The Kier molecular flexibility index (Phi) is 9.20. The monoisotopic (exact) mass is 814 g/mol. The molecule has 0 saturated carbocycles. The second-order valence-corrected chi connectivity index (χ2v) is 16.4. The molecule has 0 N–H and O–H groups in total. The highest BCUT2D eigenvalue weighted by atomic mass is 15.1. The fraction of sp³-hybridized carbons (Fsp3) is 0. The molecule has 0 spiro atoms. The van der Waals surface area contributed by atoms with Gasteiger partial charge in [0, 0.05) is 33.5 Å². The van der Waals surface area contributed by atoms with Crippen molar-refractivity contribution >= 4 is 60.4 Å². The van der Waals surface area contributed by atoms with E-state index in [1.807, 2.05) is 0 Å². The molecule has 12 aromatic rings. The number of para-hydroxylation sites is 2. The summed E-state index contributed by atoms with van der Waals surface area (Å²) >= 11 is 0. The van der Waals surface area contributed by atoms with Crippen LogP contribution in [-0.2, 0) is 0 Å². The topological polar surface area (TPSA) is 8.17 Å². The van der Waals surface area contributed by atoms with E-state index in [2.05, 4.69) is 264 Å². The molecule has 12 rings (SSSR count). The maximum atomic E-state index is 2.39. The van der Waals surface area contributed by atoms with Crippen molar-refractivity contribution in [3.8, 4) is 50.2 Å². The van der Waals surface area contributed by atoms with Crippen molar-refractivity contribution in [2.45, 2.75) is 0 Å². The third-order valence-electron chi connectivity index (χ3n) is 12.8. The molecule has 0 bridgehead atoms. The van der Waals surface area contributed by atoms with Gasteiger partial charge in [0.15, 0.2) is 0 Å². The van der Waals surface area contributed by atoms with Gasteiger partial charge in [-0.3, -0.25) is 0 Å². The first-order valence-corrected chi connectivity index (χ1v) is 22.0. The second kappa shape index (κ2) is 15.8. The van der Waals surface area contributed by atoms with Crippen LogP contribution in [0.15, 0.2) is 255 Å². The average molecular weight is 815 g/mol. The number of fused-ring (bicyclic) bond motifs is 6. The van der Waals surface area contributed by atoms with Crippen LogP contribution in [0.4, 0.5) is 17.1 Å². The third kappa shape index (κ3) is 6.35. The highest BCUT2D eigenvalue weighted by Gasteiger charge is 2.21. The molecular weight excluding hydrogens is 773 g/mol. The molecule has 300 valence electrons. The number of hydrogen-bond acceptors (Lipinski definition) is 1. The zero-order valence-electron chi connectivity index (χ0n) is 35.1. The van der Waals surface area contributed by atoms with Gasteiger partial charge < -0.3 is 9.47 Å². The highest BCUT2D eigenvalue weighted by molar-refractivity contribution is 6.21.